The maximum Gasteiger partial charge on any atom is 0.349 e. The van der Waals surface area contributed by atoms with Gasteiger partial charge in [0.15, 0.2) is 0 Å². The second-order valence-corrected chi connectivity index (χ2v) is 26.8. The highest BCUT2D eigenvalue weighted by Gasteiger charge is 2.65. The van der Waals surface area contributed by atoms with E-state index < -0.39 is 47.4 Å². The molecule has 0 spiro atoms. The van der Waals surface area contributed by atoms with Crippen molar-refractivity contribution >= 4 is 16.9 Å². The molecule has 4 rings (SSSR count). The van der Waals surface area contributed by atoms with Crippen molar-refractivity contribution in [1.29, 1.82) is 0 Å². The van der Waals surface area contributed by atoms with Gasteiger partial charge in [-0.1, -0.05) is 114 Å². The van der Waals surface area contributed by atoms with E-state index in [1.54, 1.807) is 16.7 Å². The maximum absolute atomic E-state index is 13.0. The van der Waals surface area contributed by atoms with Gasteiger partial charge >= 0.3 is 8.56 Å². The fourth-order valence-corrected chi connectivity index (χ4v) is 19.0. The van der Waals surface area contributed by atoms with E-state index in [0.717, 1.165) is 17.5 Å². The highest BCUT2D eigenvalue weighted by molar-refractivity contribution is 6.77. The van der Waals surface area contributed by atoms with E-state index >= 15 is 0 Å². The molecular formula is C37H61NO6Si2. The van der Waals surface area contributed by atoms with Crippen LogP contribution in [0.3, 0.4) is 0 Å². The molecule has 2 aliphatic rings. The minimum Gasteiger partial charge on any atom is -0.408 e. The molecule has 258 valence electrons. The Kier molecular flexibility index (Phi) is 11.1. The van der Waals surface area contributed by atoms with Crippen LogP contribution in [0.15, 0.2) is 47.4 Å². The molecule has 46 heavy (non-hydrogen) atoms. The molecule has 3 heterocycles. The number of aromatic nitrogens is 1. The fourth-order valence-electron chi connectivity index (χ4n) is 8.51. The van der Waals surface area contributed by atoms with Crippen LogP contribution in [0.5, 0.6) is 0 Å². The summed E-state index contributed by atoms with van der Waals surface area (Å²) >= 11 is 0. The number of pyridine rings is 1. The van der Waals surface area contributed by atoms with E-state index in [1.165, 1.54) is 5.56 Å². The number of ether oxygens (including phenoxy) is 1. The molecule has 9 heteroatoms. The Morgan fingerprint density at radius 2 is 1.46 bits per heavy atom. The molecule has 2 saturated heterocycles. The first-order valence-corrected chi connectivity index (χ1v) is 21.4. The summed E-state index contributed by atoms with van der Waals surface area (Å²) in [4.78, 5) is 13.0. The van der Waals surface area contributed by atoms with Gasteiger partial charge in [-0.05, 0) is 40.2 Å². The Balaban J connectivity index is 1.79. The highest BCUT2D eigenvalue weighted by Crippen LogP contribution is 2.56. The van der Waals surface area contributed by atoms with Crippen LogP contribution in [-0.2, 0) is 31.0 Å². The summed E-state index contributed by atoms with van der Waals surface area (Å²) in [5, 5.41) is 11.9. The van der Waals surface area contributed by atoms with Crippen molar-refractivity contribution in [3.8, 4) is 0 Å². The van der Waals surface area contributed by atoms with E-state index in [2.05, 4.69) is 114 Å². The third-order valence-corrected chi connectivity index (χ3v) is 21.8. The summed E-state index contributed by atoms with van der Waals surface area (Å²) in [6.07, 6.45) is -0.402. The van der Waals surface area contributed by atoms with Gasteiger partial charge in [-0.25, -0.2) is 0 Å². The predicted molar refractivity (Wildman–Crippen MR) is 191 cm³/mol. The molecule has 0 saturated carbocycles. The lowest BCUT2D eigenvalue weighted by molar-refractivity contribution is -0.243. The fraction of sp³-hybridized carbons (Fsp3) is 0.703. The molecule has 1 N–H and O–H groups in total. The second kappa shape index (κ2) is 13.7. The summed E-state index contributed by atoms with van der Waals surface area (Å²) in [7, 11) is -5.35. The monoisotopic (exact) mass is 671 g/mol. The number of hydrogen-bond acceptors (Lipinski definition) is 6. The second-order valence-electron chi connectivity index (χ2n) is 16.6. The Morgan fingerprint density at radius 1 is 0.913 bits per heavy atom. The average Bonchev–Trinajstić information content (AvgIpc) is 2.96. The van der Waals surface area contributed by atoms with Gasteiger partial charge < -0.3 is 27.7 Å². The molecular weight excluding hydrogens is 611 g/mol. The lowest BCUT2D eigenvalue weighted by Gasteiger charge is -2.59. The minimum absolute atomic E-state index is 0.0967. The molecule has 7 nitrogen and oxygen atoms in total. The zero-order valence-electron chi connectivity index (χ0n) is 30.7. The standard InChI is InChI=1S/C37H61NO6Si2/c1-14-27-15-17-28(18-16-27)21-38-22-29(19-20-31(38)39)33-32(40)35(43-45(24(2)3,25(4)5)26(6)7)34-30(42-33)23-41-46(44-34,36(8,9)10)37(11,12)13/h15-20,22,24-26,30,32-35,40H,14,21,23H2,1-13H3/t30-,32+,33?,34-,35-/m1/s1. The molecule has 2 aromatic rings. The molecule has 1 aromatic carbocycles. The molecule has 0 amide bonds. The molecule has 5 atom stereocenters. The molecule has 1 aromatic heterocycles. The first-order valence-electron chi connectivity index (χ1n) is 17.4. The van der Waals surface area contributed by atoms with Gasteiger partial charge in [0, 0.05) is 27.9 Å². The van der Waals surface area contributed by atoms with Crippen LogP contribution in [-0.4, -0.2) is 57.6 Å². The van der Waals surface area contributed by atoms with Crippen LogP contribution in [0.4, 0.5) is 0 Å². The first-order chi connectivity index (χ1) is 21.3. The Labute approximate surface area is 280 Å². The van der Waals surface area contributed by atoms with Gasteiger partial charge in [-0.15, -0.1) is 0 Å². The van der Waals surface area contributed by atoms with Crippen molar-refractivity contribution in [2.75, 3.05) is 6.61 Å². The summed E-state index contributed by atoms with van der Waals surface area (Å²) in [5.41, 5.74) is 3.93. The van der Waals surface area contributed by atoms with Gasteiger partial charge in [-0.3, -0.25) is 4.79 Å². The van der Waals surface area contributed by atoms with Crippen molar-refractivity contribution in [1.82, 2.24) is 4.57 Å². The van der Waals surface area contributed by atoms with Crippen LogP contribution in [0.25, 0.3) is 0 Å². The van der Waals surface area contributed by atoms with Gasteiger partial charge in [-0.2, -0.15) is 0 Å². The third kappa shape index (κ3) is 6.80. The minimum atomic E-state index is -2.89. The van der Waals surface area contributed by atoms with Crippen LogP contribution in [0, 0.1) is 0 Å². The van der Waals surface area contributed by atoms with Crippen molar-refractivity contribution in [3.05, 3.63) is 69.6 Å². The number of benzene rings is 1. The van der Waals surface area contributed by atoms with Crippen molar-refractivity contribution in [3.63, 3.8) is 0 Å². The van der Waals surface area contributed by atoms with Crippen LogP contribution in [0.1, 0.15) is 113 Å². The molecule has 0 bridgehead atoms. The molecule has 0 radical (unpaired) electrons. The Hall–Kier alpha value is -1.60. The Morgan fingerprint density at radius 3 is 1.96 bits per heavy atom. The van der Waals surface area contributed by atoms with E-state index in [9.17, 15) is 9.90 Å². The smallest absolute Gasteiger partial charge is 0.349 e. The zero-order valence-corrected chi connectivity index (χ0v) is 32.7. The molecule has 0 aliphatic carbocycles. The van der Waals surface area contributed by atoms with Crippen molar-refractivity contribution in [2.45, 2.75) is 160 Å². The maximum atomic E-state index is 13.0. The zero-order chi connectivity index (χ0) is 34.4. The number of nitrogens with zero attached hydrogens (tertiary/aromatic N) is 1. The van der Waals surface area contributed by atoms with Gasteiger partial charge in [0.1, 0.15) is 30.5 Å². The summed E-state index contributed by atoms with van der Waals surface area (Å²) < 4.78 is 30.1. The van der Waals surface area contributed by atoms with Crippen LogP contribution < -0.4 is 5.56 Å². The summed E-state index contributed by atoms with van der Waals surface area (Å²) in [5.74, 6) is 0. The number of hydrogen-bond donors (Lipinski definition) is 1. The largest absolute Gasteiger partial charge is 0.408 e. The lowest BCUT2D eigenvalue weighted by Crippen LogP contribution is -2.71. The summed E-state index contributed by atoms with van der Waals surface area (Å²) in [6, 6.07) is 11.7. The van der Waals surface area contributed by atoms with E-state index in [-0.39, 0.29) is 15.6 Å². The SMILES string of the molecule is CCc1ccc(Cn2cc(C3O[C@@H]4CO[Si](C(C)(C)C)(C(C)(C)C)O[C@H]4[C@H](O[Si](C(C)C)(C(C)C)C(C)C)[C@H]3O)ccc2=O)cc1. The molecule has 2 fully saturated rings. The lowest BCUT2D eigenvalue weighted by atomic mass is 9.92. The van der Waals surface area contributed by atoms with E-state index in [1.807, 2.05) is 6.20 Å². The number of aliphatic hydroxyl groups is 1. The molecule has 2 aliphatic heterocycles. The first kappa shape index (κ1) is 37.2. The molecule has 1 unspecified atom stereocenters. The van der Waals surface area contributed by atoms with Gasteiger partial charge in [0.25, 0.3) is 5.56 Å². The number of aliphatic hydroxyl groups excluding tert-OH is 1. The predicted octanol–water partition coefficient (Wildman–Crippen LogP) is 8.28. The number of fused-ring (bicyclic) bond motifs is 1. The van der Waals surface area contributed by atoms with Gasteiger partial charge in [0.05, 0.1) is 13.2 Å². The Bertz CT molecular complexity index is 1340. The normalized spacial score (nSPS) is 25.7. The van der Waals surface area contributed by atoms with Crippen molar-refractivity contribution < 1.29 is 23.1 Å². The average molecular weight is 672 g/mol. The van der Waals surface area contributed by atoms with E-state index in [4.69, 9.17) is 18.0 Å². The highest BCUT2D eigenvalue weighted by atomic mass is 28.4. The quantitative estimate of drug-likeness (QED) is 0.271. The topological polar surface area (TPSA) is 79.2 Å². The summed E-state index contributed by atoms with van der Waals surface area (Å²) in [6.45, 7) is 29.8. The van der Waals surface area contributed by atoms with Crippen molar-refractivity contribution in [2.24, 2.45) is 0 Å². The van der Waals surface area contributed by atoms with Gasteiger partial charge in [0.2, 0.25) is 8.32 Å². The van der Waals surface area contributed by atoms with Crippen LogP contribution >= 0.6 is 0 Å². The third-order valence-electron chi connectivity index (χ3n) is 10.6. The number of aryl methyl sites for hydroxylation is 1. The number of rotatable bonds is 9. The van der Waals surface area contributed by atoms with Crippen LogP contribution in [0.2, 0.25) is 26.7 Å². The van der Waals surface area contributed by atoms with E-state index in [0.29, 0.717) is 29.8 Å².